The molecule has 0 saturated carbocycles. The summed E-state index contributed by atoms with van der Waals surface area (Å²) in [5.41, 5.74) is 1.16. The number of allylic oxidation sites excluding steroid dienone is 1. The summed E-state index contributed by atoms with van der Waals surface area (Å²) in [4.78, 5) is 10.7. The van der Waals surface area contributed by atoms with Gasteiger partial charge in [-0.2, -0.15) is 0 Å². The Morgan fingerprint density at radius 1 is 1.33 bits per heavy atom. The molecular formula is C9H15NO2. The van der Waals surface area contributed by atoms with E-state index in [1.54, 1.807) is 13.8 Å². The second-order valence-electron chi connectivity index (χ2n) is 2.65. The van der Waals surface area contributed by atoms with Crippen molar-refractivity contribution in [2.24, 2.45) is 0 Å². The van der Waals surface area contributed by atoms with Crippen molar-refractivity contribution in [1.29, 1.82) is 5.41 Å². The Morgan fingerprint density at radius 2 is 1.83 bits per heavy atom. The monoisotopic (exact) mass is 169 g/mol. The molecule has 0 spiro atoms. The average molecular weight is 169 g/mol. The smallest absolute Gasteiger partial charge is 0.337 e. The quantitative estimate of drug-likeness (QED) is 0.500. The lowest BCUT2D eigenvalue weighted by Crippen LogP contribution is -2.12. The molecule has 0 amide bonds. The van der Waals surface area contributed by atoms with Crippen LogP contribution in [0.2, 0.25) is 0 Å². The summed E-state index contributed by atoms with van der Waals surface area (Å²) in [6.45, 7) is 5.43. The Bertz CT molecular complexity index is 229. The van der Waals surface area contributed by atoms with Gasteiger partial charge in [0.05, 0.1) is 5.57 Å². The maximum absolute atomic E-state index is 10.7. The van der Waals surface area contributed by atoms with Crippen molar-refractivity contribution < 1.29 is 9.90 Å². The van der Waals surface area contributed by atoms with Gasteiger partial charge in [-0.25, -0.2) is 4.79 Å². The fourth-order valence-electron chi connectivity index (χ4n) is 0.923. The van der Waals surface area contributed by atoms with Gasteiger partial charge in [-0.05, 0) is 19.8 Å². The molecule has 0 aromatic rings. The Balaban J connectivity index is 4.91. The highest BCUT2D eigenvalue weighted by molar-refractivity contribution is 6.18. The van der Waals surface area contributed by atoms with E-state index < -0.39 is 5.97 Å². The van der Waals surface area contributed by atoms with Crippen molar-refractivity contribution in [2.45, 2.75) is 33.6 Å². The van der Waals surface area contributed by atoms with Gasteiger partial charge in [0.25, 0.3) is 0 Å². The number of rotatable bonds is 4. The van der Waals surface area contributed by atoms with E-state index in [0.29, 0.717) is 12.8 Å². The van der Waals surface area contributed by atoms with Gasteiger partial charge in [0.2, 0.25) is 0 Å². The molecule has 0 atom stereocenters. The molecule has 0 radical (unpaired) electrons. The van der Waals surface area contributed by atoms with E-state index in [4.69, 9.17) is 10.5 Å². The van der Waals surface area contributed by atoms with E-state index in [2.05, 4.69) is 0 Å². The fraction of sp³-hybridized carbons (Fsp3) is 0.556. The molecule has 0 bridgehead atoms. The standard InChI is InChI=1S/C9H15NO2/c1-4-6(3)8(9(11)12)7(10)5-2/h10H,4-5H2,1-3H3,(H,11,12)/b8-6-,10-7?. The first-order valence-electron chi connectivity index (χ1n) is 4.05. The van der Waals surface area contributed by atoms with E-state index in [0.717, 1.165) is 5.57 Å². The third-order valence-electron chi connectivity index (χ3n) is 1.83. The minimum absolute atomic E-state index is 0.181. The van der Waals surface area contributed by atoms with Crippen LogP contribution in [0, 0.1) is 5.41 Å². The highest BCUT2D eigenvalue weighted by atomic mass is 16.4. The lowest BCUT2D eigenvalue weighted by Gasteiger charge is -2.05. The zero-order valence-corrected chi connectivity index (χ0v) is 7.77. The first-order chi connectivity index (χ1) is 5.54. The van der Waals surface area contributed by atoms with Crippen LogP contribution in [0.5, 0.6) is 0 Å². The van der Waals surface area contributed by atoms with Crippen LogP contribution in [0.15, 0.2) is 11.1 Å². The molecule has 68 valence electrons. The maximum atomic E-state index is 10.7. The molecule has 0 aliphatic carbocycles. The van der Waals surface area contributed by atoms with Gasteiger partial charge in [0, 0.05) is 5.71 Å². The minimum atomic E-state index is -0.985. The molecule has 3 nitrogen and oxygen atoms in total. The normalized spacial score (nSPS) is 12.2. The number of carboxylic acid groups (broad SMARTS) is 1. The Morgan fingerprint density at radius 3 is 2.08 bits per heavy atom. The highest BCUT2D eigenvalue weighted by Gasteiger charge is 2.14. The number of carboxylic acids is 1. The van der Waals surface area contributed by atoms with Gasteiger partial charge in [-0.15, -0.1) is 0 Å². The van der Waals surface area contributed by atoms with Crippen molar-refractivity contribution in [3.63, 3.8) is 0 Å². The van der Waals surface area contributed by atoms with Crippen LogP contribution in [0.25, 0.3) is 0 Å². The SMILES string of the molecule is CCC(=N)/C(C(=O)O)=C(\C)CC. The van der Waals surface area contributed by atoms with Crippen molar-refractivity contribution in [2.75, 3.05) is 0 Å². The molecule has 0 aromatic heterocycles. The summed E-state index contributed by atoms with van der Waals surface area (Å²) in [7, 11) is 0. The van der Waals surface area contributed by atoms with Gasteiger partial charge in [-0.1, -0.05) is 19.4 Å². The predicted molar refractivity (Wildman–Crippen MR) is 48.6 cm³/mol. The first-order valence-corrected chi connectivity index (χ1v) is 4.05. The number of hydrogen-bond donors (Lipinski definition) is 2. The lowest BCUT2D eigenvalue weighted by molar-refractivity contribution is -0.132. The molecule has 3 heteroatoms. The molecule has 0 unspecified atom stereocenters. The summed E-state index contributed by atoms with van der Waals surface area (Å²) >= 11 is 0. The summed E-state index contributed by atoms with van der Waals surface area (Å²) < 4.78 is 0. The summed E-state index contributed by atoms with van der Waals surface area (Å²) in [5.74, 6) is -0.985. The molecule has 0 heterocycles. The Kier molecular flexibility index (Phi) is 4.26. The van der Waals surface area contributed by atoms with Gasteiger partial charge in [-0.3, -0.25) is 0 Å². The molecule has 0 aromatic carbocycles. The Labute approximate surface area is 72.6 Å². The Hall–Kier alpha value is -1.12. The largest absolute Gasteiger partial charge is 0.478 e. The number of nitrogens with one attached hydrogen (secondary N) is 1. The van der Waals surface area contributed by atoms with Gasteiger partial charge >= 0.3 is 5.97 Å². The molecule has 12 heavy (non-hydrogen) atoms. The van der Waals surface area contributed by atoms with Crippen molar-refractivity contribution in [3.8, 4) is 0 Å². The van der Waals surface area contributed by atoms with E-state index in [9.17, 15) is 4.79 Å². The van der Waals surface area contributed by atoms with E-state index in [-0.39, 0.29) is 11.3 Å². The highest BCUT2D eigenvalue weighted by Crippen LogP contribution is 2.11. The maximum Gasteiger partial charge on any atom is 0.337 e. The average Bonchev–Trinajstić information content (AvgIpc) is 2.03. The zero-order valence-electron chi connectivity index (χ0n) is 7.77. The van der Waals surface area contributed by atoms with Crippen LogP contribution in [0.1, 0.15) is 33.6 Å². The summed E-state index contributed by atoms with van der Waals surface area (Å²) in [6, 6.07) is 0. The van der Waals surface area contributed by atoms with E-state index in [1.165, 1.54) is 0 Å². The topological polar surface area (TPSA) is 61.2 Å². The third kappa shape index (κ3) is 2.49. The summed E-state index contributed by atoms with van der Waals surface area (Å²) in [6.07, 6.45) is 1.16. The summed E-state index contributed by atoms with van der Waals surface area (Å²) in [5, 5.41) is 16.2. The van der Waals surface area contributed by atoms with Crippen LogP contribution in [-0.2, 0) is 4.79 Å². The van der Waals surface area contributed by atoms with Crippen LogP contribution >= 0.6 is 0 Å². The van der Waals surface area contributed by atoms with Crippen LogP contribution < -0.4 is 0 Å². The van der Waals surface area contributed by atoms with Crippen molar-refractivity contribution in [3.05, 3.63) is 11.1 Å². The lowest BCUT2D eigenvalue weighted by atomic mass is 10.0. The van der Waals surface area contributed by atoms with Crippen molar-refractivity contribution in [1.82, 2.24) is 0 Å². The number of hydrogen-bond acceptors (Lipinski definition) is 2. The molecule has 0 fully saturated rings. The first kappa shape index (κ1) is 10.9. The molecule has 0 aliphatic rings. The van der Waals surface area contributed by atoms with Gasteiger partial charge < -0.3 is 10.5 Å². The van der Waals surface area contributed by atoms with Crippen LogP contribution in [0.4, 0.5) is 0 Å². The van der Waals surface area contributed by atoms with E-state index in [1.807, 2.05) is 6.92 Å². The molecule has 0 aliphatic heterocycles. The molecular weight excluding hydrogens is 154 g/mol. The molecule has 0 rings (SSSR count). The van der Waals surface area contributed by atoms with Crippen molar-refractivity contribution >= 4 is 11.7 Å². The third-order valence-corrected chi connectivity index (χ3v) is 1.83. The predicted octanol–water partition coefficient (Wildman–Crippen LogP) is 2.23. The molecule has 2 N–H and O–H groups in total. The second-order valence-corrected chi connectivity index (χ2v) is 2.65. The van der Waals surface area contributed by atoms with Crippen LogP contribution in [-0.4, -0.2) is 16.8 Å². The van der Waals surface area contributed by atoms with Gasteiger partial charge in [0.15, 0.2) is 0 Å². The van der Waals surface area contributed by atoms with E-state index >= 15 is 0 Å². The number of aliphatic carboxylic acids is 1. The molecule has 0 saturated heterocycles. The second kappa shape index (κ2) is 4.70. The fourth-order valence-corrected chi connectivity index (χ4v) is 0.923. The number of carbonyl (C=O) groups is 1. The minimum Gasteiger partial charge on any atom is -0.478 e. The van der Waals surface area contributed by atoms with Crippen LogP contribution in [0.3, 0.4) is 0 Å². The zero-order chi connectivity index (χ0) is 9.72. The van der Waals surface area contributed by atoms with Gasteiger partial charge in [0.1, 0.15) is 0 Å².